The molecule has 0 aliphatic carbocycles. The van der Waals surface area contributed by atoms with Gasteiger partial charge in [0.25, 0.3) is 0 Å². The van der Waals surface area contributed by atoms with E-state index < -0.39 is 53.6 Å². The number of phenolic OH excluding ortho intramolecular Hbond substituents is 4. The third-order valence-corrected chi connectivity index (χ3v) is 5.14. The summed E-state index contributed by atoms with van der Waals surface area (Å²) in [4.78, 5) is 47.0. The van der Waals surface area contributed by atoms with Gasteiger partial charge >= 0.3 is 24.1 Å². The second-order valence-electron chi connectivity index (χ2n) is 8.43. The van der Waals surface area contributed by atoms with E-state index in [2.05, 4.69) is 10.6 Å². The summed E-state index contributed by atoms with van der Waals surface area (Å²) in [6, 6.07) is 4.64. The molecule has 0 bridgehead atoms. The number of carboxylic acid groups (broad SMARTS) is 2. The Labute approximate surface area is 216 Å². The fraction of sp³-hybridized carbons (Fsp3) is 0.333. The Morgan fingerprint density at radius 2 is 1.05 bits per heavy atom. The monoisotopic (exact) mass is 536 g/mol. The van der Waals surface area contributed by atoms with Gasteiger partial charge in [-0.25, -0.2) is 19.2 Å². The molecule has 0 heterocycles. The lowest BCUT2D eigenvalue weighted by molar-refractivity contribution is -0.140. The van der Waals surface area contributed by atoms with Crippen LogP contribution in [0.4, 0.5) is 9.59 Å². The number of carbonyl (C=O) groups is 4. The van der Waals surface area contributed by atoms with Gasteiger partial charge in [-0.2, -0.15) is 0 Å². The number of carbonyl (C=O) groups excluding carboxylic acids is 2. The average molecular weight is 536 g/mol. The lowest BCUT2D eigenvalue weighted by atomic mass is 10.1. The molecule has 2 aromatic carbocycles. The Bertz CT molecular complexity index is 1080. The van der Waals surface area contributed by atoms with Crippen LogP contribution in [0.1, 0.15) is 18.1 Å². The summed E-state index contributed by atoms with van der Waals surface area (Å²) >= 11 is 0. The number of rotatable bonds is 12. The van der Waals surface area contributed by atoms with Crippen molar-refractivity contribution in [1.82, 2.24) is 10.6 Å². The molecule has 0 aromatic heterocycles. The summed E-state index contributed by atoms with van der Waals surface area (Å²) in [5, 5.41) is 60.8. The Balaban J connectivity index is 1.79. The highest BCUT2D eigenvalue weighted by molar-refractivity contribution is 5.81. The molecule has 0 aliphatic rings. The van der Waals surface area contributed by atoms with Crippen molar-refractivity contribution in [1.29, 1.82) is 0 Å². The van der Waals surface area contributed by atoms with Crippen LogP contribution in [0.15, 0.2) is 36.4 Å². The first-order chi connectivity index (χ1) is 17.8. The van der Waals surface area contributed by atoms with E-state index in [1.54, 1.807) is 6.92 Å². The summed E-state index contributed by atoms with van der Waals surface area (Å²) in [6.45, 7) is 1.03. The van der Waals surface area contributed by atoms with Gasteiger partial charge in [-0.1, -0.05) is 19.1 Å². The van der Waals surface area contributed by atoms with Gasteiger partial charge in [0, 0.05) is 18.8 Å². The van der Waals surface area contributed by atoms with Gasteiger partial charge in [0.05, 0.1) is 13.2 Å². The molecule has 2 unspecified atom stereocenters. The van der Waals surface area contributed by atoms with Crippen LogP contribution in [-0.4, -0.2) is 80.1 Å². The normalized spacial score (nSPS) is 13.0. The summed E-state index contributed by atoms with van der Waals surface area (Å²) < 4.78 is 9.93. The number of hydrogen-bond acceptors (Lipinski definition) is 10. The van der Waals surface area contributed by atoms with Gasteiger partial charge < -0.3 is 50.7 Å². The Hall–Kier alpha value is -4.88. The molecule has 0 saturated carbocycles. The molecule has 14 heteroatoms. The van der Waals surface area contributed by atoms with E-state index >= 15 is 0 Å². The molecule has 8 N–H and O–H groups in total. The van der Waals surface area contributed by atoms with Crippen LogP contribution in [0.2, 0.25) is 0 Å². The molecule has 0 aliphatic heterocycles. The molecule has 14 nitrogen and oxygen atoms in total. The number of hydrogen-bond donors (Lipinski definition) is 8. The number of phenols is 4. The van der Waals surface area contributed by atoms with Crippen molar-refractivity contribution in [3.05, 3.63) is 47.5 Å². The van der Waals surface area contributed by atoms with E-state index in [-0.39, 0.29) is 37.6 Å². The largest absolute Gasteiger partial charge is 0.504 e. The molecule has 38 heavy (non-hydrogen) atoms. The summed E-state index contributed by atoms with van der Waals surface area (Å²) in [7, 11) is 0. The third kappa shape index (κ3) is 9.29. The van der Waals surface area contributed by atoms with E-state index in [0.717, 1.165) is 12.1 Å². The number of aromatic hydroxyl groups is 4. The first-order valence-corrected chi connectivity index (χ1v) is 11.2. The van der Waals surface area contributed by atoms with Crippen LogP contribution in [0.25, 0.3) is 0 Å². The van der Waals surface area contributed by atoms with Gasteiger partial charge in [0.2, 0.25) is 0 Å². The van der Waals surface area contributed by atoms with E-state index in [1.165, 1.54) is 24.3 Å². The number of nitrogens with one attached hydrogen (secondary N) is 2. The standard InChI is InChI=1S/C24H28N2O12/c1-12(10-37-23(35)25-15(21(31)32)6-13-2-4-17(27)19(29)8-13)11-38-24(36)26-16(22(33)34)7-14-3-5-18(28)20(30)9-14/h2-5,8-9,12,15-16,27-30H,6-7,10-11H2,1H3,(H,25,35)(H,26,36)(H,31,32)(H,33,34). The van der Waals surface area contributed by atoms with Crippen molar-refractivity contribution < 1.29 is 59.3 Å². The molecular formula is C24H28N2O12. The van der Waals surface area contributed by atoms with Gasteiger partial charge in [-0.05, 0) is 35.4 Å². The van der Waals surface area contributed by atoms with Crippen molar-refractivity contribution in [2.45, 2.75) is 31.8 Å². The smallest absolute Gasteiger partial charge is 0.407 e. The molecule has 2 rings (SSSR count). The lowest BCUT2D eigenvalue weighted by Gasteiger charge is -2.18. The van der Waals surface area contributed by atoms with E-state index in [0.29, 0.717) is 11.1 Å². The van der Waals surface area contributed by atoms with Crippen LogP contribution in [0.3, 0.4) is 0 Å². The predicted molar refractivity (Wildman–Crippen MR) is 128 cm³/mol. The molecule has 0 spiro atoms. The fourth-order valence-electron chi connectivity index (χ4n) is 3.12. The fourth-order valence-corrected chi connectivity index (χ4v) is 3.12. The zero-order valence-electron chi connectivity index (χ0n) is 20.2. The Morgan fingerprint density at radius 1 is 0.684 bits per heavy atom. The van der Waals surface area contributed by atoms with Crippen molar-refractivity contribution in [2.24, 2.45) is 5.92 Å². The quantitative estimate of drug-likeness (QED) is 0.179. The number of amides is 2. The molecular weight excluding hydrogens is 508 g/mol. The number of aliphatic carboxylic acids is 2. The molecule has 2 amide bonds. The molecule has 0 fully saturated rings. The summed E-state index contributed by atoms with van der Waals surface area (Å²) in [6.07, 6.45) is -2.52. The second kappa shape index (κ2) is 13.4. The van der Waals surface area contributed by atoms with Gasteiger partial charge in [-0.15, -0.1) is 0 Å². The summed E-state index contributed by atoms with van der Waals surface area (Å²) in [5.41, 5.74) is 0.672. The maximum Gasteiger partial charge on any atom is 0.407 e. The molecule has 0 radical (unpaired) electrons. The maximum absolute atomic E-state index is 12.0. The number of benzene rings is 2. The first kappa shape index (κ1) is 29.4. The topological polar surface area (TPSA) is 232 Å². The van der Waals surface area contributed by atoms with Gasteiger partial charge in [0.15, 0.2) is 23.0 Å². The maximum atomic E-state index is 12.0. The van der Waals surface area contributed by atoms with E-state index in [4.69, 9.17) is 9.47 Å². The van der Waals surface area contributed by atoms with Crippen LogP contribution in [-0.2, 0) is 31.9 Å². The first-order valence-electron chi connectivity index (χ1n) is 11.2. The number of carboxylic acids is 2. The Kier molecular flexibility index (Phi) is 10.4. The summed E-state index contributed by atoms with van der Waals surface area (Å²) in [5.74, 6) is -4.91. The highest BCUT2D eigenvalue weighted by Gasteiger charge is 2.24. The van der Waals surface area contributed by atoms with Crippen molar-refractivity contribution in [3.63, 3.8) is 0 Å². The average Bonchev–Trinajstić information content (AvgIpc) is 2.85. The van der Waals surface area contributed by atoms with E-state index in [1.807, 2.05) is 0 Å². The minimum Gasteiger partial charge on any atom is -0.504 e. The van der Waals surface area contributed by atoms with Crippen LogP contribution >= 0.6 is 0 Å². The zero-order chi connectivity index (χ0) is 28.4. The number of alkyl carbamates (subject to hydrolysis) is 2. The molecule has 2 atom stereocenters. The SMILES string of the molecule is CC(COC(=O)NC(Cc1ccc(O)c(O)c1)C(=O)O)COC(=O)NC(Cc1ccc(O)c(O)c1)C(=O)O. The second-order valence-corrected chi connectivity index (χ2v) is 8.43. The minimum absolute atomic E-state index is 0.203. The van der Waals surface area contributed by atoms with Crippen molar-refractivity contribution in [2.75, 3.05) is 13.2 Å². The van der Waals surface area contributed by atoms with Crippen molar-refractivity contribution >= 4 is 24.1 Å². The van der Waals surface area contributed by atoms with Gasteiger partial charge in [-0.3, -0.25) is 0 Å². The van der Waals surface area contributed by atoms with Gasteiger partial charge in [0.1, 0.15) is 12.1 Å². The molecule has 0 saturated heterocycles. The minimum atomic E-state index is -1.40. The van der Waals surface area contributed by atoms with Crippen molar-refractivity contribution in [3.8, 4) is 23.0 Å². The number of ether oxygens (including phenoxy) is 2. The highest BCUT2D eigenvalue weighted by Crippen LogP contribution is 2.26. The van der Waals surface area contributed by atoms with Crippen LogP contribution in [0.5, 0.6) is 23.0 Å². The van der Waals surface area contributed by atoms with Crippen LogP contribution in [0, 0.1) is 5.92 Å². The zero-order valence-corrected chi connectivity index (χ0v) is 20.2. The lowest BCUT2D eigenvalue weighted by Crippen LogP contribution is -2.43. The van der Waals surface area contributed by atoms with Crippen LogP contribution < -0.4 is 10.6 Å². The highest BCUT2D eigenvalue weighted by atomic mass is 16.6. The molecule has 206 valence electrons. The Morgan fingerprint density at radius 3 is 1.37 bits per heavy atom. The van der Waals surface area contributed by atoms with E-state index in [9.17, 15) is 49.8 Å². The molecule has 2 aromatic rings. The predicted octanol–water partition coefficient (Wildman–Crippen LogP) is 1.29. The third-order valence-electron chi connectivity index (χ3n) is 5.14.